The van der Waals surface area contributed by atoms with Gasteiger partial charge in [0.1, 0.15) is 5.75 Å². The molecule has 0 aliphatic carbocycles. The number of carbonyl (C=O) groups excluding carboxylic acids is 1. The minimum atomic E-state index is -0.194. The molecule has 0 spiro atoms. The normalized spacial score (nSPS) is 17.8. The first-order valence-electron chi connectivity index (χ1n) is 4.52. The van der Waals surface area contributed by atoms with E-state index in [0.29, 0.717) is 11.3 Å². The minimum Gasteiger partial charge on any atom is -0.508 e. The number of rotatable bonds is 1. The summed E-state index contributed by atoms with van der Waals surface area (Å²) in [6.07, 6.45) is 1.74. The zero-order chi connectivity index (χ0) is 10.8. The Kier molecular flexibility index (Phi) is 2.25. The summed E-state index contributed by atoms with van der Waals surface area (Å²) < 4.78 is 0. The molecule has 4 heteroatoms. The lowest BCUT2D eigenvalue weighted by atomic mass is 10.1. The van der Waals surface area contributed by atoms with Crippen LogP contribution in [0.5, 0.6) is 5.75 Å². The lowest BCUT2D eigenvalue weighted by molar-refractivity contribution is -0.116. The molecular formula is C11H10N2O2. The Hall–Kier alpha value is -2.10. The number of aromatic hydroxyl groups is 1. The lowest BCUT2D eigenvalue weighted by Gasteiger charge is -1.97. The molecule has 0 saturated carbocycles. The van der Waals surface area contributed by atoms with E-state index in [-0.39, 0.29) is 11.7 Å². The Morgan fingerprint density at radius 1 is 1.33 bits per heavy atom. The van der Waals surface area contributed by atoms with Crippen LogP contribution in [0.3, 0.4) is 0 Å². The fraction of sp³-hybridized carbons (Fsp3) is 0.0909. The summed E-state index contributed by atoms with van der Waals surface area (Å²) in [6, 6.07) is 6.62. The molecule has 0 saturated heterocycles. The van der Waals surface area contributed by atoms with Crippen molar-refractivity contribution in [1.29, 1.82) is 0 Å². The molecule has 0 unspecified atom stereocenters. The summed E-state index contributed by atoms with van der Waals surface area (Å²) in [5.74, 6) is 0.0130. The van der Waals surface area contributed by atoms with Gasteiger partial charge in [-0.2, -0.15) is 5.10 Å². The highest BCUT2D eigenvalue weighted by Crippen LogP contribution is 2.15. The molecule has 76 valence electrons. The van der Waals surface area contributed by atoms with E-state index in [4.69, 9.17) is 5.11 Å². The van der Waals surface area contributed by atoms with Crippen LogP contribution in [-0.4, -0.2) is 16.7 Å². The standard InChI is InChI=1S/C11H10N2O2/c1-7-10(11(15)13-12-7)6-8-2-4-9(14)5-3-8/h2-6,14H,1H3,(H,13,15)/b10-6+. The average Bonchev–Trinajstić information content (AvgIpc) is 2.53. The molecule has 0 aromatic heterocycles. The number of hydrogen-bond acceptors (Lipinski definition) is 3. The Labute approximate surface area is 86.9 Å². The van der Waals surface area contributed by atoms with E-state index in [2.05, 4.69) is 10.5 Å². The van der Waals surface area contributed by atoms with Crippen LogP contribution in [0.4, 0.5) is 0 Å². The van der Waals surface area contributed by atoms with Crippen molar-refractivity contribution in [2.24, 2.45) is 5.10 Å². The van der Waals surface area contributed by atoms with Crippen molar-refractivity contribution in [3.8, 4) is 5.75 Å². The monoisotopic (exact) mass is 202 g/mol. The van der Waals surface area contributed by atoms with Crippen LogP contribution in [0.2, 0.25) is 0 Å². The van der Waals surface area contributed by atoms with Gasteiger partial charge in [0.2, 0.25) is 0 Å². The SMILES string of the molecule is CC1=NNC(=O)/C1=C/c1ccc(O)cc1. The number of phenolic OH excluding ortho intramolecular Hbond substituents is 1. The van der Waals surface area contributed by atoms with Gasteiger partial charge in [0.25, 0.3) is 5.91 Å². The molecule has 0 radical (unpaired) electrons. The van der Waals surface area contributed by atoms with Crippen LogP contribution < -0.4 is 5.43 Å². The Balaban J connectivity index is 2.34. The maximum absolute atomic E-state index is 11.3. The number of nitrogens with zero attached hydrogens (tertiary/aromatic N) is 1. The van der Waals surface area contributed by atoms with E-state index in [9.17, 15) is 4.79 Å². The lowest BCUT2D eigenvalue weighted by Crippen LogP contribution is -2.12. The molecule has 1 aliphatic heterocycles. The van der Waals surface area contributed by atoms with Crippen LogP contribution in [0.25, 0.3) is 6.08 Å². The second-order valence-electron chi connectivity index (χ2n) is 3.29. The molecule has 1 aromatic rings. The van der Waals surface area contributed by atoms with Gasteiger partial charge in [-0.3, -0.25) is 4.79 Å². The van der Waals surface area contributed by atoms with Crippen molar-refractivity contribution in [3.05, 3.63) is 35.4 Å². The summed E-state index contributed by atoms with van der Waals surface area (Å²) in [5.41, 5.74) is 4.47. The van der Waals surface area contributed by atoms with Gasteiger partial charge in [-0.05, 0) is 30.7 Å². The summed E-state index contributed by atoms with van der Waals surface area (Å²) in [7, 11) is 0. The van der Waals surface area contributed by atoms with Crippen LogP contribution in [0.15, 0.2) is 34.9 Å². The molecular weight excluding hydrogens is 192 g/mol. The van der Waals surface area contributed by atoms with E-state index >= 15 is 0 Å². The third kappa shape index (κ3) is 1.88. The summed E-state index contributed by atoms with van der Waals surface area (Å²) in [6.45, 7) is 1.77. The smallest absolute Gasteiger partial charge is 0.273 e. The van der Waals surface area contributed by atoms with Crippen LogP contribution in [0, 0.1) is 0 Å². The number of phenols is 1. The molecule has 0 atom stereocenters. The topological polar surface area (TPSA) is 61.7 Å². The van der Waals surface area contributed by atoms with Gasteiger partial charge in [0, 0.05) is 0 Å². The number of hydrogen-bond donors (Lipinski definition) is 2. The number of amides is 1. The Morgan fingerprint density at radius 2 is 2.00 bits per heavy atom. The molecule has 1 amide bonds. The predicted octanol–water partition coefficient (Wildman–Crippen LogP) is 1.28. The largest absolute Gasteiger partial charge is 0.508 e. The zero-order valence-electron chi connectivity index (χ0n) is 8.19. The van der Waals surface area contributed by atoms with Crippen molar-refractivity contribution >= 4 is 17.7 Å². The van der Waals surface area contributed by atoms with Gasteiger partial charge < -0.3 is 5.11 Å². The first kappa shape index (κ1) is 9.45. The molecule has 2 N–H and O–H groups in total. The highest BCUT2D eigenvalue weighted by atomic mass is 16.3. The fourth-order valence-corrected chi connectivity index (χ4v) is 1.33. The fourth-order valence-electron chi connectivity index (χ4n) is 1.33. The maximum atomic E-state index is 11.3. The van der Waals surface area contributed by atoms with Crippen molar-refractivity contribution in [1.82, 2.24) is 5.43 Å². The summed E-state index contributed by atoms with van der Waals surface area (Å²) in [4.78, 5) is 11.3. The second kappa shape index (κ2) is 3.57. The number of hydrazone groups is 1. The molecule has 1 heterocycles. The van der Waals surface area contributed by atoms with Crippen molar-refractivity contribution in [3.63, 3.8) is 0 Å². The van der Waals surface area contributed by atoms with Crippen molar-refractivity contribution < 1.29 is 9.90 Å². The Morgan fingerprint density at radius 3 is 2.53 bits per heavy atom. The van der Waals surface area contributed by atoms with Gasteiger partial charge in [-0.25, -0.2) is 5.43 Å². The van der Waals surface area contributed by atoms with Gasteiger partial charge in [0.15, 0.2) is 0 Å². The van der Waals surface area contributed by atoms with Crippen molar-refractivity contribution in [2.75, 3.05) is 0 Å². The molecule has 1 aliphatic rings. The van der Waals surface area contributed by atoms with E-state index in [1.807, 2.05) is 0 Å². The van der Waals surface area contributed by atoms with Crippen LogP contribution in [0.1, 0.15) is 12.5 Å². The predicted molar refractivity (Wildman–Crippen MR) is 57.3 cm³/mol. The second-order valence-corrected chi connectivity index (χ2v) is 3.29. The van der Waals surface area contributed by atoms with E-state index in [0.717, 1.165) is 5.56 Å². The summed E-state index contributed by atoms with van der Waals surface area (Å²) in [5, 5.41) is 12.9. The van der Waals surface area contributed by atoms with Gasteiger partial charge in [0.05, 0.1) is 11.3 Å². The average molecular weight is 202 g/mol. The highest BCUT2D eigenvalue weighted by molar-refractivity contribution is 6.26. The molecule has 15 heavy (non-hydrogen) atoms. The number of nitrogens with one attached hydrogen (secondary N) is 1. The first-order valence-corrected chi connectivity index (χ1v) is 4.52. The molecule has 4 nitrogen and oxygen atoms in total. The maximum Gasteiger partial charge on any atom is 0.273 e. The molecule has 1 aromatic carbocycles. The van der Waals surface area contributed by atoms with E-state index in [1.165, 1.54) is 0 Å². The minimum absolute atomic E-state index is 0.194. The summed E-state index contributed by atoms with van der Waals surface area (Å²) >= 11 is 0. The van der Waals surface area contributed by atoms with E-state index in [1.54, 1.807) is 37.3 Å². The van der Waals surface area contributed by atoms with Gasteiger partial charge in [-0.1, -0.05) is 12.1 Å². The van der Waals surface area contributed by atoms with Crippen LogP contribution in [-0.2, 0) is 4.79 Å². The third-order valence-electron chi connectivity index (χ3n) is 2.16. The number of benzene rings is 1. The van der Waals surface area contributed by atoms with Crippen LogP contribution >= 0.6 is 0 Å². The highest BCUT2D eigenvalue weighted by Gasteiger charge is 2.18. The molecule has 2 rings (SSSR count). The molecule has 0 fully saturated rings. The van der Waals surface area contributed by atoms with Gasteiger partial charge >= 0.3 is 0 Å². The van der Waals surface area contributed by atoms with Gasteiger partial charge in [-0.15, -0.1) is 0 Å². The van der Waals surface area contributed by atoms with Crippen molar-refractivity contribution in [2.45, 2.75) is 6.92 Å². The Bertz CT molecular complexity index is 458. The number of carbonyl (C=O) groups is 1. The van der Waals surface area contributed by atoms with E-state index < -0.39 is 0 Å². The third-order valence-corrected chi connectivity index (χ3v) is 2.16. The first-order chi connectivity index (χ1) is 7.16. The quantitative estimate of drug-likeness (QED) is 0.674. The molecule has 0 bridgehead atoms. The zero-order valence-corrected chi connectivity index (χ0v) is 8.19.